The molecule has 1 rings (SSSR count). The Morgan fingerprint density at radius 2 is 2.05 bits per heavy atom. The van der Waals surface area contributed by atoms with Crippen molar-refractivity contribution >= 4 is 6.29 Å². The third-order valence-corrected chi connectivity index (χ3v) is 4.11. The monoisotopic (exact) mass is 284 g/mol. The summed E-state index contributed by atoms with van der Waals surface area (Å²) in [5.74, 6) is 0. The van der Waals surface area contributed by atoms with Crippen molar-refractivity contribution in [3.63, 3.8) is 0 Å². The molecule has 0 aromatic rings. The first-order valence-electron chi connectivity index (χ1n) is 7.76. The molecular weight excluding hydrogens is 256 g/mol. The second kappa shape index (κ2) is 8.00. The van der Waals surface area contributed by atoms with Crippen molar-refractivity contribution < 1.29 is 4.79 Å². The maximum absolute atomic E-state index is 10.4. The molecule has 0 amide bonds. The number of hydrogen-bond donors (Lipinski definition) is 0. The van der Waals surface area contributed by atoms with Gasteiger partial charge in [0.15, 0.2) is 0 Å². The Morgan fingerprint density at radius 3 is 2.67 bits per heavy atom. The number of carbonyl (C=O) groups is 1. The molecule has 0 heterocycles. The van der Waals surface area contributed by atoms with E-state index in [0.717, 1.165) is 24.7 Å². The summed E-state index contributed by atoms with van der Waals surface area (Å²) in [6, 6.07) is 0. The smallest absolute Gasteiger partial charge is 0.142 e. The van der Waals surface area contributed by atoms with Crippen LogP contribution in [0.1, 0.15) is 60.3 Å². The van der Waals surface area contributed by atoms with Crippen LogP contribution in [0.5, 0.6) is 0 Å². The highest BCUT2D eigenvalue weighted by molar-refractivity contribution is 5.65. The van der Waals surface area contributed by atoms with Gasteiger partial charge in [0, 0.05) is 0 Å². The van der Waals surface area contributed by atoms with E-state index in [1.54, 1.807) is 6.08 Å². The fourth-order valence-corrected chi connectivity index (χ4v) is 2.75. The molecule has 0 unspecified atom stereocenters. The molecule has 1 aliphatic carbocycles. The van der Waals surface area contributed by atoms with Gasteiger partial charge in [0.05, 0.1) is 0 Å². The molecule has 0 atom stereocenters. The normalized spacial score (nSPS) is 19.8. The van der Waals surface area contributed by atoms with Gasteiger partial charge < -0.3 is 0 Å². The van der Waals surface area contributed by atoms with E-state index in [4.69, 9.17) is 0 Å². The summed E-state index contributed by atoms with van der Waals surface area (Å²) in [7, 11) is 0. The molecule has 1 aliphatic rings. The van der Waals surface area contributed by atoms with Gasteiger partial charge in [0.1, 0.15) is 6.29 Å². The zero-order chi connectivity index (χ0) is 15.9. The van der Waals surface area contributed by atoms with Crippen LogP contribution >= 0.6 is 0 Å². The fourth-order valence-electron chi connectivity index (χ4n) is 2.75. The van der Waals surface area contributed by atoms with Gasteiger partial charge in [-0.25, -0.2) is 0 Å². The lowest BCUT2D eigenvalue weighted by atomic mass is 9.73. The maximum atomic E-state index is 10.4. The van der Waals surface area contributed by atoms with E-state index in [-0.39, 0.29) is 5.41 Å². The minimum atomic E-state index is 0.284. The van der Waals surface area contributed by atoms with Crippen molar-refractivity contribution in [2.45, 2.75) is 60.3 Å². The molecule has 0 bridgehead atoms. The summed E-state index contributed by atoms with van der Waals surface area (Å²) in [6.45, 7) is 11.0. The predicted octanol–water partition coefficient (Wildman–Crippen LogP) is 5.71. The van der Waals surface area contributed by atoms with Crippen molar-refractivity contribution in [3.8, 4) is 0 Å². The van der Waals surface area contributed by atoms with Crippen LogP contribution in [0.4, 0.5) is 0 Å². The van der Waals surface area contributed by atoms with Crippen LogP contribution in [0.15, 0.2) is 52.3 Å². The average molecular weight is 284 g/mol. The Balaban J connectivity index is 2.76. The number of rotatable bonds is 5. The summed E-state index contributed by atoms with van der Waals surface area (Å²) in [6.07, 6.45) is 13.3. The van der Waals surface area contributed by atoms with Crippen molar-refractivity contribution in [2.75, 3.05) is 0 Å². The number of hydrogen-bond acceptors (Lipinski definition) is 1. The number of carbonyl (C=O) groups excluding carboxylic acids is 1. The third kappa shape index (κ3) is 5.73. The maximum Gasteiger partial charge on any atom is 0.142 e. The highest BCUT2D eigenvalue weighted by Crippen LogP contribution is 2.40. The molecule has 0 N–H and O–H groups in total. The molecule has 0 fully saturated rings. The molecule has 0 saturated heterocycles. The topological polar surface area (TPSA) is 17.1 Å². The quantitative estimate of drug-likeness (QED) is 0.359. The summed E-state index contributed by atoms with van der Waals surface area (Å²) in [5.41, 5.74) is 8.81. The molecule has 0 aromatic carbocycles. The minimum Gasteiger partial charge on any atom is -0.299 e. The first-order valence-corrected chi connectivity index (χ1v) is 7.76. The molecule has 0 radical (unpaired) electrons. The van der Waals surface area contributed by atoms with E-state index >= 15 is 0 Å². The van der Waals surface area contributed by atoms with Crippen LogP contribution < -0.4 is 0 Å². The zero-order valence-corrected chi connectivity index (χ0v) is 14.1. The Labute approximate surface area is 129 Å². The lowest BCUT2D eigenvalue weighted by Crippen LogP contribution is -2.18. The van der Waals surface area contributed by atoms with E-state index in [1.165, 1.54) is 29.6 Å². The summed E-state index contributed by atoms with van der Waals surface area (Å²) in [4.78, 5) is 10.4. The molecule has 114 valence electrons. The van der Waals surface area contributed by atoms with Crippen LogP contribution in [-0.2, 0) is 4.79 Å². The van der Waals surface area contributed by atoms with Crippen molar-refractivity contribution in [2.24, 2.45) is 5.41 Å². The predicted molar refractivity (Wildman–Crippen MR) is 91.2 cm³/mol. The molecule has 1 heteroatoms. The van der Waals surface area contributed by atoms with Gasteiger partial charge in [0.25, 0.3) is 0 Å². The molecule has 0 spiro atoms. The van der Waals surface area contributed by atoms with Gasteiger partial charge in [-0.3, -0.25) is 4.79 Å². The Kier molecular flexibility index (Phi) is 6.65. The van der Waals surface area contributed by atoms with E-state index in [9.17, 15) is 4.79 Å². The largest absolute Gasteiger partial charge is 0.299 e. The van der Waals surface area contributed by atoms with E-state index in [0.29, 0.717) is 0 Å². The Hall–Kier alpha value is -1.59. The fraction of sp³-hybridized carbons (Fsp3) is 0.500. The first-order chi connectivity index (χ1) is 9.86. The van der Waals surface area contributed by atoms with Crippen molar-refractivity contribution in [3.05, 3.63) is 52.3 Å². The van der Waals surface area contributed by atoms with Crippen molar-refractivity contribution in [1.29, 1.82) is 0 Å². The molecule has 0 saturated carbocycles. The second-order valence-electron chi connectivity index (χ2n) is 6.61. The Morgan fingerprint density at radius 1 is 1.33 bits per heavy atom. The Bertz CT molecular complexity index is 532. The number of allylic oxidation sites excluding steroid dienone is 7. The summed E-state index contributed by atoms with van der Waals surface area (Å²) < 4.78 is 0. The van der Waals surface area contributed by atoms with Gasteiger partial charge in [-0.1, -0.05) is 37.1 Å². The van der Waals surface area contributed by atoms with Crippen LogP contribution in [0, 0.1) is 5.41 Å². The number of aldehydes is 1. The highest BCUT2D eigenvalue weighted by Gasteiger charge is 2.26. The average Bonchev–Trinajstić information content (AvgIpc) is 2.37. The molecular formula is C20H28O. The summed E-state index contributed by atoms with van der Waals surface area (Å²) >= 11 is 0. The zero-order valence-electron chi connectivity index (χ0n) is 14.1. The molecule has 21 heavy (non-hydrogen) atoms. The lowest BCUT2D eigenvalue weighted by molar-refractivity contribution is -0.104. The SMILES string of the molecule is CC(=C=CC/C(C)=C/C=O)C/C=C1\C(C)=CCCC1(C)C. The van der Waals surface area contributed by atoms with Crippen LogP contribution in [-0.4, -0.2) is 6.29 Å². The van der Waals surface area contributed by atoms with Gasteiger partial charge in [-0.15, -0.1) is 5.73 Å². The standard InChI is InChI=1S/C20H28O/c1-16(8-6-9-17(2)13-15-21)11-12-19-18(3)10-7-14-20(19,4)5/h6,10,12-13,15H,7,9,11,14H2,1-5H3/b17-13+,19-12+. The van der Waals surface area contributed by atoms with Gasteiger partial charge >= 0.3 is 0 Å². The lowest BCUT2D eigenvalue weighted by Gasteiger charge is -2.32. The van der Waals surface area contributed by atoms with E-state index < -0.39 is 0 Å². The molecule has 1 nitrogen and oxygen atoms in total. The van der Waals surface area contributed by atoms with Crippen LogP contribution in [0.2, 0.25) is 0 Å². The van der Waals surface area contributed by atoms with Crippen LogP contribution in [0.3, 0.4) is 0 Å². The molecule has 0 aliphatic heterocycles. The minimum absolute atomic E-state index is 0.284. The molecule has 0 aromatic heterocycles. The van der Waals surface area contributed by atoms with Crippen LogP contribution in [0.25, 0.3) is 0 Å². The first kappa shape index (κ1) is 17.5. The third-order valence-electron chi connectivity index (χ3n) is 4.11. The highest BCUT2D eigenvalue weighted by atomic mass is 16.1. The van der Waals surface area contributed by atoms with Gasteiger partial charge in [-0.2, -0.15) is 0 Å². The second-order valence-corrected chi connectivity index (χ2v) is 6.61. The van der Waals surface area contributed by atoms with E-state index in [1.807, 2.05) is 13.0 Å². The van der Waals surface area contributed by atoms with Crippen molar-refractivity contribution in [1.82, 2.24) is 0 Å². The van der Waals surface area contributed by atoms with E-state index in [2.05, 4.69) is 45.6 Å². The van der Waals surface area contributed by atoms with Gasteiger partial charge in [0.2, 0.25) is 0 Å². The summed E-state index contributed by atoms with van der Waals surface area (Å²) in [5, 5.41) is 0. The van der Waals surface area contributed by atoms with Gasteiger partial charge in [-0.05, 0) is 75.2 Å².